The van der Waals surface area contributed by atoms with Crippen LogP contribution < -0.4 is 5.48 Å². The van der Waals surface area contributed by atoms with Crippen molar-refractivity contribution in [1.29, 1.82) is 0 Å². The third-order valence-corrected chi connectivity index (χ3v) is 4.98. The molecule has 0 spiro atoms. The molecule has 4 rings (SSSR count). The molecule has 4 atom stereocenters. The maximum Gasteiger partial charge on any atom is 0.226 e. The Balaban J connectivity index is 1.63. The van der Waals surface area contributed by atoms with Gasteiger partial charge in [0, 0.05) is 0 Å². The van der Waals surface area contributed by atoms with Crippen LogP contribution in [-0.2, 0) is 9.57 Å². The second kappa shape index (κ2) is 7.22. The minimum Gasteiger partial charge on any atom is -0.394 e. The van der Waals surface area contributed by atoms with Crippen molar-refractivity contribution >= 4 is 28.6 Å². The van der Waals surface area contributed by atoms with Crippen LogP contribution in [0.1, 0.15) is 31.9 Å². The lowest BCUT2D eigenvalue weighted by molar-refractivity contribution is -0.0511. The van der Waals surface area contributed by atoms with Gasteiger partial charge in [-0.25, -0.2) is 10.5 Å². The van der Waals surface area contributed by atoms with Crippen LogP contribution in [-0.4, -0.2) is 65.9 Å². The van der Waals surface area contributed by atoms with Gasteiger partial charge in [-0.05, 0) is 24.4 Å². The Morgan fingerprint density at radius 2 is 2.04 bits per heavy atom. The number of nitrogens with one attached hydrogen (secondary N) is 1. The fourth-order valence-corrected chi connectivity index (χ4v) is 3.57. The first-order chi connectivity index (χ1) is 12.6. The summed E-state index contributed by atoms with van der Waals surface area (Å²) >= 11 is 6.02. The summed E-state index contributed by atoms with van der Waals surface area (Å²) in [6.45, 7) is -0.418. The first-order valence-corrected chi connectivity index (χ1v) is 8.90. The van der Waals surface area contributed by atoms with Gasteiger partial charge in [-0.1, -0.05) is 12.8 Å². The number of fused-ring (bicyclic) bond motifs is 1. The molecule has 142 valence electrons. The summed E-state index contributed by atoms with van der Waals surface area (Å²) in [6, 6.07) is 0. The fraction of sp³-hybridized carbons (Fsp3) is 0.667. The van der Waals surface area contributed by atoms with E-state index in [-0.39, 0.29) is 11.4 Å². The van der Waals surface area contributed by atoms with E-state index in [1.54, 1.807) is 0 Å². The van der Waals surface area contributed by atoms with Crippen LogP contribution in [0.15, 0.2) is 6.33 Å². The van der Waals surface area contributed by atoms with E-state index in [1.807, 2.05) is 0 Å². The number of aliphatic hydroxyl groups excluding tert-OH is 3. The highest BCUT2D eigenvalue weighted by atomic mass is 35.5. The Labute approximate surface area is 153 Å². The zero-order chi connectivity index (χ0) is 18.3. The van der Waals surface area contributed by atoms with E-state index in [1.165, 1.54) is 10.9 Å². The largest absolute Gasteiger partial charge is 0.394 e. The molecule has 2 aliphatic rings. The molecule has 2 aromatic rings. The lowest BCUT2D eigenvalue weighted by atomic mass is 10.1. The van der Waals surface area contributed by atoms with Gasteiger partial charge in [0.25, 0.3) is 0 Å². The molecule has 0 amide bonds. The maximum atomic E-state index is 10.2. The van der Waals surface area contributed by atoms with Crippen molar-refractivity contribution in [1.82, 2.24) is 19.5 Å². The van der Waals surface area contributed by atoms with Gasteiger partial charge in [0.15, 0.2) is 23.2 Å². The van der Waals surface area contributed by atoms with E-state index in [9.17, 15) is 15.3 Å². The van der Waals surface area contributed by atoms with Crippen LogP contribution in [0.25, 0.3) is 11.2 Å². The number of aromatic nitrogens is 4. The molecule has 1 aliphatic carbocycles. The third kappa shape index (κ3) is 3.13. The Kier molecular flexibility index (Phi) is 4.95. The number of imidazole rings is 1. The van der Waals surface area contributed by atoms with Crippen molar-refractivity contribution in [2.45, 2.75) is 56.3 Å². The summed E-state index contributed by atoms with van der Waals surface area (Å²) < 4.78 is 6.98. The average molecular weight is 386 g/mol. The average Bonchev–Trinajstić information content (AvgIpc) is 3.34. The van der Waals surface area contributed by atoms with Crippen LogP contribution in [0.3, 0.4) is 0 Å². The Morgan fingerprint density at radius 1 is 1.27 bits per heavy atom. The number of aliphatic hydroxyl groups is 3. The van der Waals surface area contributed by atoms with E-state index < -0.39 is 31.1 Å². The molecule has 0 aromatic carbocycles. The molecule has 11 heteroatoms. The summed E-state index contributed by atoms with van der Waals surface area (Å²) in [5.41, 5.74) is 3.52. The highest BCUT2D eigenvalue weighted by Gasteiger charge is 2.44. The van der Waals surface area contributed by atoms with Crippen molar-refractivity contribution in [2.75, 3.05) is 12.1 Å². The maximum absolute atomic E-state index is 10.2. The van der Waals surface area contributed by atoms with Gasteiger partial charge >= 0.3 is 0 Å². The molecule has 3 heterocycles. The molecule has 4 N–H and O–H groups in total. The van der Waals surface area contributed by atoms with Crippen molar-refractivity contribution in [3.8, 4) is 0 Å². The Bertz CT molecular complexity index is 783. The second-order valence-electron chi connectivity index (χ2n) is 6.52. The highest BCUT2D eigenvalue weighted by molar-refractivity contribution is 6.28. The minimum atomic E-state index is -1.25. The number of anilines is 1. The molecular formula is C15H20ClN5O5. The van der Waals surface area contributed by atoms with Gasteiger partial charge in [-0.2, -0.15) is 9.97 Å². The third-order valence-electron chi connectivity index (χ3n) is 4.81. The normalized spacial score (nSPS) is 29.7. The summed E-state index contributed by atoms with van der Waals surface area (Å²) in [4.78, 5) is 18.2. The zero-order valence-electron chi connectivity index (χ0n) is 13.8. The number of ether oxygens (including phenoxy) is 1. The molecular weight excluding hydrogens is 366 g/mol. The standard InChI is InChI=1S/C15H20ClN5O5/c16-15-18-12(20-26-7-3-1-2-4-7)9-13(19-15)21(6-17-9)14-11(24)10(23)8(5-22)25-14/h6-8,10-11,14,22-24H,1-5H2,(H,18,19,20)/t8-,10-,11-,14-/m1/s1. The first kappa shape index (κ1) is 17.8. The predicted molar refractivity (Wildman–Crippen MR) is 90.3 cm³/mol. The van der Waals surface area contributed by atoms with Crippen LogP contribution in [0, 0.1) is 0 Å². The topological polar surface area (TPSA) is 135 Å². The minimum absolute atomic E-state index is 0.0245. The quantitative estimate of drug-likeness (QED) is 0.425. The highest BCUT2D eigenvalue weighted by Crippen LogP contribution is 2.33. The summed E-state index contributed by atoms with van der Waals surface area (Å²) in [5, 5.41) is 29.4. The number of rotatable bonds is 5. The van der Waals surface area contributed by atoms with E-state index in [2.05, 4.69) is 20.4 Å². The number of nitrogens with zero attached hydrogens (tertiary/aromatic N) is 4. The SMILES string of the molecule is OC[C@H]1O[C@@H](n2cnc3c(NOC4CCCC4)nc(Cl)nc32)[C@H](O)[C@@H]1O. The van der Waals surface area contributed by atoms with E-state index in [4.69, 9.17) is 21.2 Å². The molecule has 1 saturated heterocycles. The fourth-order valence-electron chi connectivity index (χ4n) is 3.40. The van der Waals surface area contributed by atoms with Gasteiger partial charge in [-0.3, -0.25) is 9.40 Å². The Hall–Kier alpha value is -1.56. The zero-order valence-corrected chi connectivity index (χ0v) is 14.6. The molecule has 26 heavy (non-hydrogen) atoms. The number of hydrogen-bond donors (Lipinski definition) is 4. The monoisotopic (exact) mass is 385 g/mol. The van der Waals surface area contributed by atoms with Gasteiger partial charge in [0.1, 0.15) is 18.3 Å². The smallest absolute Gasteiger partial charge is 0.226 e. The second-order valence-corrected chi connectivity index (χ2v) is 6.86. The molecule has 10 nitrogen and oxygen atoms in total. The van der Waals surface area contributed by atoms with Crippen molar-refractivity contribution < 1.29 is 24.9 Å². The lowest BCUT2D eigenvalue weighted by Crippen LogP contribution is -2.33. The van der Waals surface area contributed by atoms with Gasteiger partial charge in [0.2, 0.25) is 5.28 Å². The van der Waals surface area contributed by atoms with Crippen LogP contribution in [0.5, 0.6) is 0 Å². The van der Waals surface area contributed by atoms with Crippen LogP contribution >= 0.6 is 11.6 Å². The van der Waals surface area contributed by atoms with Gasteiger partial charge in [-0.15, -0.1) is 0 Å². The predicted octanol–water partition coefficient (Wildman–Crippen LogP) is 0.377. The van der Waals surface area contributed by atoms with Gasteiger partial charge < -0.3 is 20.1 Å². The van der Waals surface area contributed by atoms with Crippen LogP contribution in [0.2, 0.25) is 5.28 Å². The van der Waals surface area contributed by atoms with E-state index >= 15 is 0 Å². The molecule has 2 fully saturated rings. The van der Waals surface area contributed by atoms with Crippen LogP contribution in [0.4, 0.5) is 5.82 Å². The van der Waals surface area contributed by atoms with Gasteiger partial charge in [0.05, 0.1) is 19.0 Å². The Morgan fingerprint density at radius 3 is 2.73 bits per heavy atom. The summed E-state index contributed by atoms with van der Waals surface area (Å²) in [6.07, 6.45) is 1.43. The molecule has 0 radical (unpaired) electrons. The molecule has 0 unspecified atom stereocenters. The van der Waals surface area contributed by atoms with Crippen molar-refractivity contribution in [3.63, 3.8) is 0 Å². The number of halogens is 1. The summed E-state index contributed by atoms with van der Waals surface area (Å²) in [5.74, 6) is 0.317. The number of hydrogen-bond acceptors (Lipinski definition) is 9. The summed E-state index contributed by atoms with van der Waals surface area (Å²) in [7, 11) is 0. The van der Waals surface area contributed by atoms with E-state index in [0.717, 1.165) is 25.7 Å². The first-order valence-electron chi connectivity index (χ1n) is 8.52. The van der Waals surface area contributed by atoms with Crippen molar-refractivity contribution in [3.05, 3.63) is 11.6 Å². The van der Waals surface area contributed by atoms with E-state index in [0.29, 0.717) is 17.0 Å². The molecule has 0 bridgehead atoms. The molecule has 1 aliphatic heterocycles. The lowest BCUT2D eigenvalue weighted by Gasteiger charge is -2.17. The molecule has 1 saturated carbocycles. The molecule has 2 aromatic heterocycles. The van der Waals surface area contributed by atoms with Crippen molar-refractivity contribution in [2.24, 2.45) is 0 Å².